The van der Waals surface area contributed by atoms with Crippen LogP contribution >= 0.6 is 0 Å². The van der Waals surface area contributed by atoms with Crippen LogP contribution in [0.2, 0.25) is 0 Å². The Morgan fingerprint density at radius 2 is 2.07 bits per heavy atom. The Balaban J connectivity index is 1.81. The molecule has 0 aliphatic heterocycles. The Kier molecular flexibility index (Phi) is 2.01. The monoisotopic (exact) mass is 201 g/mol. The van der Waals surface area contributed by atoms with E-state index in [2.05, 4.69) is 17.4 Å². The molecule has 0 heterocycles. The summed E-state index contributed by atoms with van der Waals surface area (Å²) in [6.45, 7) is 0. The number of carbonyl (C=O) groups excluding carboxylic acids is 1. The first-order chi connectivity index (χ1) is 7.40. The summed E-state index contributed by atoms with van der Waals surface area (Å²) in [4.78, 5) is 10.5. The van der Waals surface area contributed by atoms with Crippen molar-refractivity contribution in [3.8, 4) is 0 Å². The lowest BCUT2D eigenvalue weighted by Crippen LogP contribution is -1.98. The van der Waals surface area contributed by atoms with Crippen LogP contribution in [0.4, 0.5) is 5.69 Å². The van der Waals surface area contributed by atoms with Crippen molar-refractivity contribution in [2.45, 2.75) is 25.2 Å². The van der Waals surface area contributed by atoms with Crippen LogP contribution in [-0.4, -0.2) is 6.41 Å². The SMILES string of the molecule is O=CNc1ccccc1C1CC1C1CC1. The number of benzene rings is 1. The molecule has 1 aromatic carbocycles. The minimum absolute atomic E-state index is 0.709. The highest BCUT2D eigenvalue weighted by Crippen LogP contribution is 2.60. The van der Waals surface area contributed by atoms with E-state index in [-0.39, 0.29) is 0 Å². The van der Waals surface area contributed by atoms with Gasteiger partial charge in [0.1, 0.15) is 0 Å². The molecule has 2 saturated carbocycles. The smallest absolute Gasteiger partial charge is 0.211 e. The zero-order chi connectivity index (χ0) is 10.3. The molecule has 0 bridgehead atoms. The van der Waals surface area contributed by atoms with Gasteiger partial charge in [-0.15, -0.1) is 0 Å². The van der Waals surface area contributed by atoms with E-state index in [1.807, 2.05) is 12.1 Å². The van der Waals surface area contributed by atoms with Gasteiger partial charge in [-0.3, -0.25) is 4.79 Å². The first-order valence-electron chi connectivity index (χ1n) is 5.69. The highest BCUT2D eigenvalue weighted by atomic mass is 16.1. The van der Waals surface area contributed by atoms with E-state index in [1.54, 1.807) is 0 Å². The van der Waals surface area contributed by atoms with Crippen molar-refractivity contribution in [2.75, 3.05) is 5.32 Å². The van der Waals surface area contributed by atoms with Crippen LogP contribution in [0.25, 0.3) is 0 Å². The summed E-state index contributed by atoms with van der Waals surface area (Å²) in [5.74, 6) is 2.60. The second-order valence-electron chi connectivity index (χ2n) is 4.69. The van der Waals surface area contributed by atoms with E-state index >= 15 is 0 Å². The number of hydrogen-bond acceptors (Lipinski definition) is 1. The predicted octanol–water partition coefficient (Wildman–Crippen LogP) is 2.77. The molecule has 2 nitrogen and oxygen atoms in total. The average Bonchev–Trinajstić information content (AvgIpc) is 3.12. The largest absolute Gasteiger partial charge is 0.328 e. The lowest BCUT2D eigenvalue weighted by atomic mass is 10.1. The van der Waals surface area contributed by atoms with Crippen molar-refractivity contribution in [3.63, 3.8) is 0 Å². The van der Waals surface area contributed by atoms with Crippen LogP contribution < -0.4 is 5.32 Å². The van der Waals surface area contributed by atoms with Gasteiger partial charge in [0.2, 0.25) is 6.41 Å². The van der Waals surface area contributed by atoms with Gasteiger partial charge in [0.25, 0.3) is 0 Å². The van der Waals surface area contributed by atoms with Crippen molar-refractivity contribution in [1.82, 2.24) is 0 Å². The average molecular weight is 201 g/mol. The first kappa shape index (κ1) is 8.96. The zero-order valence-corrected chi connectivity index (χ0v) is 8.65. The van der Waals surface area contributed by atoms with E-state index in [0.29, 0.717) is 5.92 Å². The second-order valence-corrected chi connectivity index (χ2v) is 4.69. The molecule has 2 unspecified atom stereocenters. The fourth-order valence-corrected chi connectivity index (χ4v) is 2.63. The molecule has 78 valence electrons. The minimum atomic E-state index is 0.709. The molecule has 1 amide bonds. The molecule has 2 aliphatic rings. The Hall–Kier alpha value is -1.31. The zero-order valence-electron chi connectivity index (χ0n) is 8.65. The summed E-state index contributed by atoms with van der Waals surface area (Å²) in [7, 11) is 0. The molecule has 1 N–H and O–H groups in total. The van der Waals surface area contributed by atoms with Crippen LogP contribution in [0.15, 0.2) is 24.3 Å². The van der Waals surface area contributed by atoms with Crippen molar-refractivity contribution in [1.29, 1.82) is 0 Å². The van der Waals surface area contributed by atoms with Crippen LogP contribution in [-0.2, 0) is 4.79 Å². The van der Waals surface area contributed by atoms with Gasteiger partial charge >= 0.3 is 0 Å². The van der Waals surface area contributed by atoms with Crippen LogP contribution in [0.1, 0.15) is 30.7 Å². The molecule has 0 radical (unpaired) electrons. The predicted molar refractivity (Wildman–Crippen MR) is 59.7 cm³/mol. The Morgan fingerprint density at radius 3 is 2.80 bits per heavy atom. The molecule has 0 saturated heterocycles. The van der Waals surface area contributed by atoms with Crippen LogP contribution in [0, 0.1) is 11.8 Å². The number of rotatable bonds is 4. The summed E-state index contributed by atoms with van der Waals surface area (Å²) in [6, 6.07) is 8.18. The van der Waals surface area contributed by atoms with Gasteiger partial charge < -0.3 is 5.32 Å². The summed E-state index contributed by atoms with van der Waals surface area (Å²) >= 11 is 0. The third-order valence-corrected chi connectivity index (χ3v) is 3.64. The summed E-state index contributed by atoms with van der Waals surface area (Å²) < 4.78 is 0. The topological polar surface area (TPSA) is 29.1 Å². The van der Waals surface area contributed by atoms with Gasteiger partial charge in [-0.2, -0.15) is 0 Å². The van der Waals surface area contributed by atoms with Gasteiger partial charge in [-0.05, 0) is 48.6 Å². The second kappa shape index (κ2) is 3.37. The van der Waals surface area contributed by atoms with E-state index in [0.717, 1.165) is 23.9 Å². The summed E-state index contributed by atoms with van der Waals surface area (Å²) in [5, 5.41) is 2.80. The molecule has 1 aromatic rings. The van der Waals surface area contributed by atoms with E-state index in [4.69, 9.17) is 0 Å². The number of para-hydroxylation sites is 1. The number of carbonyl (C=O) groups is 1. The van der Waals surface area contributed by atoms with Crippen molar-refractivity contribution >= 4 is 12.1 Å². The van der Waals surface area contributed by atoms with E-state index < -0.39 is 0 Å². The van der Waals surface area contributed by atoms with Crippen molar-refractivity contribution < 1.29 is 4.79 Å². The van der Waals surface area contributed by atoms with Gasteiger partial charge in [0, 0.05) is 5.69 Å². The number of nitrogens with one attached hydrogen (secondary N) is 1. The molecule has 15 heavy (non-hydrogen) atoms. The van der Waals surface area contributed by atoms with Crippen LogP contribution in [0.5, 0.6) is 0 Å². The normalized spacial score (nSPS) is 28.5. The lowest BCUT2D eigenvalue weighted by Gasteiger charge is -2.07. The molecule has 3 rings (SSSR count). The maximum atomic E-state index is 10.5. The van der Waals surface area contributed by atoms with Gasteiger partial charge in [-0.25, -0.2) is 0 Å². The Morgan fingerprint density at radius 1 is 1.27 bits per heavy atom. The highest BCUT2D eigenvalue weighted by Gasteiger charge is 2.48. The van der Waals surface area contributed by atoms with Crippen molar-refractivity contribution in [3.05, 3.63) is 29.8 Å². The maximum absolute atomic E-state index is 10.5. The van der Waals surface area contributed by atoms with Crippen molar-refractivity contribution in [2.24, 2.45) is 11.8 Å². The number of anilines is 1. The van der Waals surface area contributed by atoms with E-state index in [1.165, 1.54) is 24.8 Å². The quantitative estimate of drug-likeness (QED) is 0.746. The lowest BCUT2D eigenvalue weighted by molar-refractivity contribution is -0.105. The molecule has 2 aliphatic carbocycles. The Bertz CT molecular complexity index is 384. The summed E-state index contributed by atoms with van der Waals surface area (Å²) in [5.41, 5.74) is 2.34. The Labute approximate surface area is 89.7 Å². The maximum Gasteiger partial charge on any atom is 0.211 e. The highest BCUT2D eigenvalue weighted by molar-refractivity contribution is 5.74. The fourth-order valence-electron chi connectivity index (χ4n) is 2.63. The first-order valence-corrected chi connectivity index (χ1v) is 5.69. The molecular formula is C13H15NO. The molecule has 0 aromatic heterocycles. The summed E-state index contributed by atoms with van der Waals surface area (Å²) in [6.07, 6.45) is 4.93. The third kappa shape index (κ3) is 1.65. The molecule has 2 atom stereocenters. The van der Waals surface area contributed by atoms with E-state index in [9.17, 15) is 4.79 Å². The van der Waals surface area contributed by atoms with Crippen LogP contribution in [0.3, 0.4) is 0 Å². The van der Waals surface area contributed by atoms with Gasteiger partial charge in [-0.1, -0.05) is 18.2 Å². The minimum Gasteiger partial charge on any atom is -0.328 e. The molecular weight excluding hydrogens is 186 g/mol. The standard InChI is InChI=1S/C13H15NO/c15-8-14-13-4-2-1-3-10(13)12-7-11(12)9-5-6-9/h1-4,8-9,11-12H,5-7H2,(H,14,15). The molecule has 2 heteroatoms. The third-order valence-electron chi connectivity index (χ3n) is 3.64. The number of amides is 1. The molecule has 0 spiro atoms. The van der Waals surface area contributed by atoms with Gasteiger partial charge in [0.15, 0.2) is 0 Å². The molecule has 2 fully saturated rings. The number of hydrogen-bond donors (Lipinski definition) is 1. The fraction of sp³-hybridized carbons (Fsp3) is 0.462. The van der Waals surface area contributed by atoms with Gasteiger partial charge in [0.05, 0.1) is 0 Å².